The van der Waals surface area contributed by atoms with Crippen LogP contribution in [-0.4, -0.2) is 53.7 Å². The van der Waals surface area contributed by atoms with E-state index in [2.05, 4.69) is 0 Å². The summed E-state index contributed by atoms with van der Waals surface area (Å²) in [6.07, 6.45) is 1.48. The van der Waals surface area contributed by atoms with Crippen LogP contribution in [-0.2, 0) is 45.2 Å². The minimum atomic E-state index is -1.42. The van der Waals surface area contributed by atoms with Gasteiger partial charge in [0.2, 0.25) is 11.9 Å². The quantitative estimate of drug-likeness (QED) is 0.374. The van der Waals surface area contributed by atoms with Gasteiger partial charge in [0.15, 0.2) is 23.7 Å². The summed E-state index contributed by atoms with van der Waals surface area (Å²) in [5.74, 6) is -2.03. The molecule has 1 N–H and O–H groups in total. The Hall–Kier alpha value is -3.89. The van der Waals surface area contributed by atoms with Gasteiger partial charge in [-0.2, -0.15) is 0 Å². The van der Waals surface area contributed by atoms with Crippen LogP contribution in [0, 0.1) is 5.92 Å². The molecule has 1 saturated carbocycles. The van der Waals surface area contributed by atoms with Crippen LogP contribution in [0.15, 0.2) is 54.3 Å². The molecular formula is C33H34O10. The lowest BCUT2D eigenvalue weighted by molar-refractivity contribution is -0.175. The lowest BCUT2D eigenvalue weighted by atomic mass is 9.47. The van der Waals surface area contributed by atoms with Gasteiger partial charge < -0.3 is 33.5 Å². The van der Waals surface area contributed by atoms with Gasteiger partial charge in [0, 0.05) is 25.0 Å². The Bertz CT molecular complexity index is 1530. The molecule has 3 aliphatic carbocycles. The van der Waals surface area contributed by atoms with Gasteiger partial charge in [-0.15, -0.1) is 0 Å². The number of rotatable bonds is 7. The van der Waals surface area contributed by atoms with Crippen LogP contribution < -0.4 is 9.47 Å². The van der Waals surface area contributed by atoms with Crippen molar-refractivity contribution >= 4 is 17.9 Å². The normalized spacial score (nSPS) is 31.6. The predicted molar refractivity (Wildman–Crippen MR) is 149 cm³/mol. The van der Waals surface area contributed by atoms with Crippen LogP contribution in [0.4, 0.5) is 0 Å². The largest absolute Gasteiger partial charge is 0.493 e. The molecule has 10 nitrogen and oxygen atoms in total. The molecule has 0 unspecified atom stereocenters. The molecule has 1 saturated heterocycles. The summed E-state index contributed by atoms with van der Waals surface area (Å²) in [5.41, 5.74) is 0.591. The third-order valence-electron chi connectivity index (χ3n) is 9.64. The van der Waals surface area contributed by atoms with Gasteiger partial charge in [-0.25, -0.2) is 9.59 Å². The van der Waals surface area contributed by atoms with E-state index in [0.29, 0.717) is 29.9 Å². The molecule has 226 valence electrons. The standard InChI is InChI=1S/C33H34O10/c1-31(2)42-23(29(35)43-31)17-24(34)40-26(18-8-5-4-6-9-18)30(36)39-22-13-15-33(37)20-10-7-14-32(33)25-19(16-20)11-12-21(38-3)27(25)41-28(22)32/h4-6,8-9,11-13,20,23,26,28,37H,7,10,14-17H2,1-3H3/t20-,23-,26-,28+,32+,33-/m0/s1. The van der Waals surface area contributed by atoms with Gasteiger partial charge >= 0.3 is 17.9 Å². The van der Waals surface area contributed by atoms with Crippen molar-refractivity contribution in [3.05, 3.63) is 71.0 Å². The number of ether oxygens (including phenoxy) is 6. The molecule has 43 heavy (non-hydrogen) atoms. The van der Waals surface area contributed by atoms with Crippen molar-refractivity contribution < 1.29 is 47.9 Å². The molecule has 2 aromatic carbocycles. The fourth-order valence-corrected chi connectivity index (χ4v) is 7.91. The number of methoxy groups -OCH3 is 1. The van der Waals surface area contributed by atoms with Crippen molar-refractivity contribution in [1.82, 2.24) is 0 Å². The zero-order valence-corrected chi connectivity index (χ0v) is 24.3. The number of benzene rings is 2. The van der Waals surface area contributed by atoms with Gasteiger partial charge in [0.1, 0.15) is 5.76 Å². The zero-order valence-electron chi connectivity index (χ0n) is 24.3. The minimum Gasteiger partial charge on any atom is -0.493 e. The number of hydrogen-bond acceptors (Lipinski definition) is 10. The maximum Gasteiger partial charge on any atom is 0.357 e. The van der Waals surface area contributed by atoms with Crippen LogP contribution in [0.25, 0.3) is 0 Å². The van der Waals surface area contributed by atoms with E-state index in [0.717, 1.165) is 30.4 Å². The topological polar surface area (TPSA) is 127 Å². The third kappa shape index (κ3) is 4.17. The van der Waals surface area contributed by atoms with Crippen molar-refractivity contribution in [2.24, 2.45) is 5.92 Å². The molecule has 2 bridgehead atoms. The van der Waals surface area contributed by atoms with Crippen molar-refractivity contribution in [2.45, 2.75) is 87.5 Å². The Morgan fingerprint density at radius 1 is 1.14 bits per heavy atom. The summed E-state index contributed by atoms with van der Waals surface area (Å²) in [6, 6.07) is 12.5. The Kier molecular flexibility index (Phi) is 6.37. The molecule has 7 rings (SSSR count). The molecule has 1 spiro atoms. The second-order valence-corrected chi connectivity index (χ2v) is 12.5. The monoisotopic (exact) mass is 590 g/mol. The van der Waals surface area contributed by atoms with Crippen molar-refractivity contribution in [3.63, 3.8) is 0 Å². The number of esters is 3. The second-order valence-electron chi connectivity index (χ2n) is 12.5. The minimum absolute atomic E-state index is 0.0418. The summed E-state index contributed by atoms with van der Waals surface area (Å²) in [5, 5.41) is 12.3. The first-order valence-electron chi connectivity index (χ1n) is 14.7. The van der Waals surface area contributed by atoms with E-state index >= 15 is 0 Å². The SMILES string of the molecule is COc1ccc2c3c1O[C@@H]1C(OC(=O)[C@@H](OC(=O)C[C@@H]4OC(C)(C)OC4=O)c4ccccc4)=CC[C@]4(O)[C@@H](CCC[C@@]314)C2. The summed E-state index contributed by atoms with van der Waals surface area (Å²) in [6.45, 7) is 3.14. The predicted octanol–water partition coefficient (Wildman–Crippen LogP) is 3.96. The lowest BCUT2D eigenvalue weighted by Gasteiger charge is -2.59. The highest BCUT2D eigenvalue weighted by Gasteiger charge is 2.71. The molecule has 2 aliphatic heterocycles. The highest BCUT2D eigenvalue weighted by molar-refractivity contribution is 5.85. The maximum atomic E-state index is 13.8. The zero-order chi connectivity index (χ0) is 30.1. The molecule has 2 heterocycles. The fourth-order valence-electron chi connectivity index (χ4n) is 7.91. The Labute approximate surface area is 248 Å². The number of aliphatic hydroxyl groups is 1. The number of carbonyl (C=O) groups is 3. The van der Waals surface area contributed by atoms with E-state index in [4.69, 9.17) is 28.4 Å². The molecule has 0 aromatic heterocycles. The first-order valence-corrected chi connectivity index (χ1v) is 14.7. The van der Waals surface area contributed by atoms with Gasteiger partial charge in [0.05, 0.1) is 24.5 Å². The first kappa shape index (κ1) is 27.9. The molecule has 10 heteroatoms. The number of carbonyl (C=O) groups excluding carboxylic acids is 3. The van der Waals surface area contributed by atoms with E-state index in [1.165, 1.54) is 0 Å². The van der Waals surface area contributed by atoms with E-state index in [1.807, 2.05) is 12.1 Å². The fraction of sp³-hybridized carbons (Fsp3) is 0.485. The molecular weight excluding hydrogens is 556 g/mol. The highest BCUT2D eigenvalue weighted by atomic mass is 16.8. The van der Waals surface area contributed by atoms with Crippen molar-refractivity contribution in [3.8, 4) is 11.5 Å². The second kappa shape index (κ2) is 9.82. The third-order valence-corrected chi connectivity index (χ3v) is 9.64. The summed E-state index contributed by atoms with van der Waals surface area (Å²) >= 11 is 0. The molecule has 0 amide bonds. The van der Waals surface area contributed by atoms with Gasteiger partial charge in [-0.1, -0.05) is 42.8 Å². The first-order chi connectivity index (χ1) is 20.6. The average molecular weight is 591 g/mol. The van der Waals surface area contributed by atoms with Crippen molar-refractivity contribution in [1.29, 1.82) is 0 Å². The van der Waals surface area contributed by atoms with Gasteiger partial charge in [-0.05, 0) is 49.3 Å². The van der Waals surface area contributed by atoms with Crippen LogP contribution in [0.2, 0.25) is 0 Å². The summed E-state index contributed by atoms with van der Waals surface area (Å²) < 4.78 is 34.5. The molecule has 6 atom stereocenters. The lowest BCUT2D eigenvalue weighted by Crippen LogP contribution is -2.67. The number of hydrogen-bond donors (Lipinski definition) is 1. The Morgan fingerprint density at radius 2 is 1.93 bits per heavy atom. The Morgan fingerprint density at radius 3 is 2.65 bits per heavy atom. The Balaban J connectivity index is 1.19. The smallest absolute Gasteiger partial charge is 0.357 e. The van der Waals surface area contributed by atoms with Gasteiger partial charge in [-0.3, -0.25) is 4.79 Å². The van der Waals surface area contributed by atoms with E-state index in [9.17, 15) is 19.5 Å². The van der Waals surface area contributed by atoms with Crippen LogP contribution in [0.5, 0.6) is 11.5 Å². The van der Waals surface area contributed by atoms with E-state index < -0.39 is 59.4 Å². The molecule has 2 aromatic rings. The summed E-state index contributed by atoms with van der Waals surface area (Å²) in [4.78, 5) is 39.0. The molecule has 2 fully saturated rings. The highest BCUT2D eigenvalue weighted by Crippen LogP contribution is 2.67. The maximum absolute atomic E-state index is 13.8. The van der Waals surface area contributed by atoms with E-state index in [1.54, 1.807) is 57.4 Å². The van der Waals surface area contributed by atoms with Crippen LogP contribution >= 0.6 is 0 Å². The molecule has 0 radical (unpaired) electrons. The summed E-state index contributed by atoms with van der Waals surface area (Å²) in [7, 11) is 1.58. The average Bonchev–Trinajstić information content (AvgIpc) is 3.45. The molecule has 5 aliphatic rings. The van der Waals surface area contributed by atoms with E-state index in [-0.39, 0.29) is 11.7 Å². The van der Waals surface area contributed by atoms with Gasteiger partial charge in [0.25, 0.3) is 0 Å². The van der Waals surface area contributed by atoms with Crippen LogP contribution in [0.3, 0.4) is 0 Å². The number of cyclic esters (lactones) is 1. The van der Waals surface area contributed by atoms with Crippen molar-refractivity contribution in [2.75, 3.05) is 7.11 Å². The van der Waals surface area contributed by atoms with Crippen LogP contribution in [0.1, 0.15) is 68.7 Å².